The van der Waals surface area contributed by atoms with E-state index in [9.17, 15) is 5.11 Å². The summed E-state index contributed by atoms with van der Waals surface area (Å²) in [6.45, 7) is 4.56. The number of aliphatic hydroxyl groups excluding tert-OH is 1. The summed E-state index contributed by atoms with van der Waals surface area (Å²) in [6.07, 6.45) is 0.0587. The first kappa shape index (κ1) is 14.8. The first-order chi connectivity index (χ1) is 9.12. The summed E-state index contributed by atoms with van der Waals surface area (Å²) >= 11 is 3.57. The fourth-order valence-corrected chi connectivity index (χ4v) is 2.78. The molecule has 1 aliphatic heterocycles. The zero-order chi connectivity index (χ0) is 13.8. The van der Waals surface area contributed by atoms with E-state index in [1.165, 1.54) is 5.56 Å². The predicted octanol–water partition coefficient (Wildman–Crippen LogP) is 2.04. The van der Waals surface area contributed by atoms with Crippen molar-refractivity contribution in [3.05, 3.63) is 28.2 Å². The lowest BCUT2D eigenvalue weighted by Gasteiger charge is -2.36. The topological polar surface area (TPSA) is 41.9 Å². The number of rotatable bonds is 4. The third kappa shape index (κ3) is 3.92. The van der Waals surface area contributed by atoms with Crippen molar-refractivity contribution in [2.45, 2.75) is 25.7 Å². The van der Waals surface area contributed by atoms with Gasteiger partial charge in [0.2, 0.25) is 0 Å². The molecule has 0 bridgehead atoms. The van der Waals surface area contributed by atoms with Crippen LogP contribution >= 0.6 is 15.9 Å². The predicted molar refractivity (Wildman–Crippen MR) is 77.4 cm³/mol. The highest BCUT2D eigenvalue weighted by Crippen LogP contribution is 2.25. The van der Waals surface area contributed by atoms with E-state index in [4.69, 9.17) is 9.47 Å². The lowest BCUT2D eigenvalue weighted by Crippen LogP contribution is -2.47. The molecule has 2 atom stereocenters. The van der Waals surface area contributed by atoms with Crippen LogP contribution < -0.4 is 4.74 Å². The number of methoxy groups -OCH3 is 1. The van der Waals surface area contributed by atoms with Crippen LogP contribution in [0.15, 0.2) is 22.7 Å². The van der Waals surface area contributed by atoms with Gasteiger partial charge in [-0.3, -0.25) is 4.90 Å². The fraction of sp³-hybridized carbons (Fsp3) is 0.571. The lowest BCUT2D eigenvalue weighted by atomic mass is 10.1. The number of morpholine rings is 1. The molecule has 5 heteroatoms. The minimum Gasteiger partial charge on any atom is -0.497 e. The SMILES string of the molecule is COc1ccc(Br)c(CN2CC(C)OC(CO)C2)c1. The molecule has 0 spiro atoms. The van der Waals surface area contributed by atoms with Gasteiger partial charge in [-0.15, -0.1) is 0 Å². The van der Waals surface area contributed by atoms with Crippen molar-refractivity contribution in [3.63, 3.8) is 0 Å². The van der Waals surface area contributed by atoms with Gasteiger partial charge in [-0.05, 0) is 30.7 Å². The Labute approximate surface area is 122 Å². The molecule has 1 aliphatic rings. The van der Waals surface area contributed by atoms with Crippen LogP contribution in [0.5, 0.6) is 5.75 Å². The summed E-state index contributed by atoms with van der Waals surface area (Å²) in [4.78, 5) is 2.30. The maximum Gasteiger partial charge on any atom is 0.119 e. The van der Waals surface area contributed by atoms with Crippen molar-refractivity contribution in [2.24, 2.45) is 0 Å². The van der Waals surface area contributed by atoms with Crippen molar-refractivity contribution in [1.29, 1.82) is 0 Å². The molecule has 0 radical (unpaired) electrons. The Kier molecular flexibility index (Phi) is 5.21. The summed E-state index contributed by atoms with van der Waals surface area (Å²) < 4.78 is 12.0. The molecule has 1 aromatic rings. The molecule has 0 aromatic heterocycles. The number of hydrogen-bond donors (Lipinski definition) is 1. The van der Waals surface area contributed by atoms with E-state index in [0.29, 0.717) is 0 Å². The normalized spacial score (nSPS) is 24.4. The van der Waals surface area contributed by atoms with Gasteiger partial charge in [-0.1, -0.05) is 15.9 Å². The minimum atomic E-state index is -0.0897. The Balaban J connectivity index is 2.07. The second kappa shape index (κ2) is 6.70. The fourth-order valence-electron chi connectivity index (χ4n) is 2.41. The first-order valence-corrected chi connectivity index (χ1v) is 7.22. The van der Waals surface area contributed by atoms with E-state index in [0.717, 1.165) is 29.9 Å². The van der Waals surface area contributed by atoms with Crippen molar-refractivity contribution in [1.82, 2.24) is 4.90 Å². The quantitative estimate of drug-likeness (QED) is 0.917. The van der Waals surface area contributed by atoms with Crippen molar-refractivity contribution < 1.29 is 14.6 Å². The molecule has 1 aromatic carbocycles. The Morgan fingerprint density at radius 2 is 2.26 bits per heavy atom. The second-order valence-electron chi connectivity index (χ2n) is 4.90. The summed E-state index contributed by atoms with van der Waals surface area (Å²) in [5.41, 5.74) is 1.19. The Hall–Kier alpha value is -0.620. The Morgan fingerprint density at radius 1 is 1.47 bits per heavy atom. The van der Waals surface area contributed by atoms with Crippen LogP contribution in [-0.4, -0.2) is 49.0 Å². The summed E-state index contributed by atoms with van der Waals surface area (Å²) in [5, 5.41) is 9.25. The summed E-state index contributed by atoms with van der Waals surface area (Å²) in [7, 11) is 1.67. The van der Waals surface area contributed by atoms with Crippen molar-refractivity contribution in [2.75, 3.05) is 26.8 Å². The van der Waals surface area contributed by atoms with Crippen molar-refractivity contribution in [3.8, 4) is 5.75 Å². The largest absolute Gasteiger partial charge is 0.497 e. The number of ether oxygens (including phenoxy) is 2. The number of hydrogen-bond acceptors (Lipinski definition) is 4. The number of benzene rings is 1. The average Bonchev–Trinajstić information content (AvgIpc) is 2.40. The molecule has 1 heterocycles. The van der Waals surface area contributed by atoms with Crippen LogP contribution in [0, 0.1) is 0 Å². The number of nitrogens with zero attached hydrogens (tertiary/aromatic N) is 1. The van der Waals surface area contributed by atoms with E-state index >= 15 is 0 Å². The molecule has 2 unspecified atom stereocenters. The molecule has 4 nitrogen and oxygen atoms in total. The zero-order valence-corrected chi connectivity index (χ0v) is 12.9. The third-order valence-corrected chi connectivity index (χ3v) is 4.03. The van der Waals surface area contributed by atoms with Gasteiger partial charge in [0.1, 0.15) is 5.75 Å². The standard InChI is InChI=1S/C14H20BrNO3/c1-10-6-16(8-13(9-17)19-10)7-11-5-12(18-2)3-4-14(11)15/h3-5,10,13,17H,6-9H2,1-2H3. The van der Waals surface area contributed by atoms with E-state index in [1.807, 2.05) is 25.1 Å². The molecule has 1 saturated heterocycles. The van der Waals surface area contributed by atoms with Gasteiger partial charge in [0, 0.05) is 24.1 Å². The van der Waals surface area contributed by atoms with Gasteiger partial charge in [-0.2, -0.15) is 0 Å². The van der Waals surface area contributed by atoms with E-state index in [2.05, 4.69) is 20.8 Å². The van der Waals surface area contributed by atoms with E-state index < -0.39 is 0 Å². The summed E-state index contributed by atoms with van der Waals surface area (Å²) in [6, 6.07) is 5.98. The highest BCUT2D eigenvalue weighted by Gasteiger charge is 2.25. The van der Waals surface area contributed by atoms with Crippen LogP contribution in [0.4, 0.5) is 0 Å². The number of halogens is 1. The second-order valence-corrected chi connectivity index (χ2v) is 5.76. The maximum absolute atomic E-state index is 9.25. The molecular formula is C14H20BrNO3. The zero-order valence-electron chi connectivity index (χ0n) is 11.3. The highest BCUT2D eigenvalue weighted by atomic mass is 79.9. The average molecular weight is 330 g/mol. The van der Waals surface area contributed by atoms with Gasteiger partial charge >= 0.3 is 0 Å². The van der Waals surface area contributed by atoms with Gasteiger partial charge in [-0.25, -0.2) is 0 Å². The van der Waals surface area contributed by atoms with Crippen LogP contribution in [0.3, 0.4) is 0 Å². The Morgan fingerprint density at radius 3 is 2.95 bits per heavy atom. The van der Waals surface area contributed by atoms with Gasteiger partial charge in [0.25, 0.3) is 0 Å². The molecule has 106 valence electrons. The molecule has 2 rings (SSSR count). The van der Waals surface area contributed by atoms with Gasteiger partial charge in [0.15, 0.2) is 0 Å². The van der Waals surface area contributed by atoms with Gasteiger partial charge < -0.3 is 14.6 Å². The molecule has 1 fully saturated rings. The van der Waals surface area contributed by atoms with Crippen LogP contribution in [0.1, 0.15) is 12.5 Å². The molecule has 0 amide bonds. The molecule has 1 N–H and O–H groups in total. The van der Waals surface area contributed by atoms with Crippen LogP contribution in [0.2, 0.25) is 0 Å². The van der Waals surface area contributed by atoms with Gasteiger partial charge in [0.05, 0.1) is 25.9 Å². The molecule has 19 heavy (non-hydrogen) atoms. The lowest BCUT2D eigenvalue weighted by molar-refractivity contribution is -0.0973. The molecular weight excluding hydrogens is 310 g/mol. The first-order valence-electron chi connectivity index (χ1n) is 6.43. The molecule has 0 saturated carbocycles. The monoisotopic (exact) mass is 329 g/mol. The summed E-state index contributed by atoms with van der Waals surface area (Å²) in [5.74, 6) is 0.859. The van der Waals surface area contributed by atoms with E-state index in [-0.39, 0.29) is 18.8 Å². The third-order valence-electron chi connectivity index (χ3n) is 3.25. The minimum absolute atomic E-state index is 0.0696. The van der Waals surface area contributed by atoms with Crippen LogP contribution in [0.25, 0.3) is 0 Å². The Bertz CT molecular complexity index is 427. The molecule has 0 aliphatic carbocycles. The maximum atomic E-state index is 9.25. The van der Waals surface area contributed by atoms with Crippen molar-refractivity contribution >= 4 is 15.9 Å². The number of aliphatic hydroxyl groups is 1. The smallest absolute Gasteiger partial charge is 0.119 e. The van der Waals surface area contributed by atoms with Crippen LogP contribution in [-0.2, 0) is 11.3 Å². The van der Waals surface area contributed by atoms with E-state index in [1.54, 1.807) is 7.11 Å². The highest BCUT2D eigenvalue weighted by molar-refractivity contribution is 9.10.